The summed E-state index contributed by atoms with van der Waals surface area (Å²) in [6.45, 7) is 0. The van der Waals surface area contributed by atoms with E-state index in [4.69, 9.17) is 0 Å². The second kappa shape index (κ2) is 19.6. The van der Waals surface area contributed by atoms with Crippen LogP contribution in [0.5, 0.6) is 0 Å². The predicted molar refractivity (Wildman–Crippen MR) is 322 cm³/mol. The van der Waals surface area contributed by atoms with Crippen LogP contribution in [0, 0.1) is 0 Å². The van der Waals surface area contributed by atoms with Gasteiger partial charge in [-0.05, 0) is 191 Å². The van der Waals surface area contributed by atoms with E-state index in [1.807, 2.05) is 0 Å². The topological polar surface area (TPSA) is 13.0 Å². The molecule has 2 atom stereocenters. The molecule has 0 aliphatic heterocycles. The maximum Gasteiger partial charge on any atom is 0.0728 e. The van der Waals surface area contributed by atoms with Gasteiger partial charge < -0.3 is 19.6 Å². The van der Waals surface area contributed by atoms with Gasteiger partial charge in [0.05, 0.1) is 11.5 Å². The van der Waals surface area contributed by atoms with E-state index in [0.717, 1.165) is 76.1 Å². The summed E-state index contributed by atoms with van der Waals surface area (Å²) in [5.74, 6) is 0. The van der Waals surface area contributed by atoms with Crippen LogP contribution in [0.2, 0.25) is 0 Å². The van der Waals surface area contributed by atoms with Crippen LogP contribution in [-0.2, 0) is 5.41 Å². The van der Waals surface area contributed by atoms with Crippen LogP contribution in [0.1, 0.15) is 41.5 Å². The highest BCUT2D eigenvalue weighted by Crippen LogP contribution is 2.65. The summed E-state index contributed by atoms with van der Waals surface area (Å²) >= 11 is 0. The molecule has 4 aliphatic rings. The fourth-order valence-corrected chi connectivity index (χ4v) is 12.6. The number of nitrogens with zero attached hydrogens (tertiary/aromatic N) is 4. The van der Waals surface area contributed by atoms with Crippen molar-refractivity contribution in [2.75, 3.05) is 19.6 Å². The quantitative estimate of drug-likeness (QED) is 0.121. The summed E-state index contributed by atoms with van der Waals surface area (Å²) in [5, 5.41) is 0. The number of hydrogen-bond donors (Lipinski definition) is 0. The number of para-hydroxylation sites is 6. The van der Waals surface area contributed by atoms with Crippen molar-refractivity contribution in [3.63, 3.8) is 0 Å². The average Bonchev–Trinajstić information content (AvgIpc) is 4.19. The molecule has 0 N–H and O–H groups in total. The third-order valence-corrected chi connectivity index (χ3v) is 15.9. The molecule has 10 aromatic rings. The average molecular weight is 989 g/mol. The van der Waals surface area contributed by atoms with Crippen molar-refractivity contribution in [1.29, 1.82) is 0 Å². The van der Waals surface area contributed by atoms with Gasteiger partial charge in [0, 0.05) is 62.6 Å². The van der Waals surface area contributed by atoms with Gasteiger partial charge >= 0.3 is 0 Å². The first-order chi connectivity index (χ1) is 38.2. The van der Waals surface area contributed by atoms with E-state index < -0.39 is 5.41 Å². The van der Waals surface area contributed by atoms with Gasteiger partial charge in [-0.25, -0.2) is 0 Å². The lowest BCUT2D eigenvalue weighted by atomic mass is 9.70. The maximum absolute atomic E-state index is 2.55. The third-order valence-electron chi connectivity index (χ3n) is 15.9. The lowest BCUT2D eigenvalue weighted by Crippen LogP contribution is -2.31. The van der Waals surface area contributed by atoms with E-state index in [0.29, 0.717) is 0 Å². The molecule has 0 aromatic heterocycles. The summed E-state index contributed by atoms with van der Waals surface area (Å²) in [7, 11) is 0. The Bertz CT molecular complexity index is 3730. The lowest BCUT2D eigenvalue weighted by molar-refractivity contribution is 0.774. The van der Waals surface area contributed by atoms with Gasteiger partial charge in [0.2, 0.25) is 0 Å². The number of hydrogen-bond acceptors (Lipinski definition) is 4. The van der Waals surface area contributed by atoms with Gasteiger partial charge in [0.1, 0.15) is 0 Å². The highest BCUT2D eigenvalue weighted by Gasteiger charge is 2.53. The summed E-state index contributed by atoms with van der Waals surface area (Å²) in [4.78, 5) is 9.83. The van der Waals surface area contributed by atoms with Crippen molar-refractivity contribution in [3.8, 4) is 22.3 Å². The first kappa shape index (κ1) is 45.9. The molecule has 77 heavy (non-hydrogen) atoms. The minimum Gasteiger partial charge on any atom is -0.334 e. The minimum atomic E-state index is -0.782. The Balaban J connectivity index is 1.09. The molecule has 4 nitrogen and oxygen atoms in total. The Morgan fingerprint density at radius 2 is 0.675 bits per heavy atom. The third kappa shape index (κ3) is 7.91. The number of anilines is 10. The highest BCUT2D eigenvalue weighted by molar-refractivity contribution is 5.99. The van der Waals surface area contributed by atoms with E-state index in [-0.39, 0.29) is 6.04 Å². The molecular weight excluding hydrogens is 933 g/mol. The Morgan fingerprint density at radius 3 is 1.05 bits per heavy atom. The van der Waals surface area contributed by atoms with Crippen molar-refractivity contribution in [3.05, 3.63) is 325 Å². The Labute approximate surface area is 452 Å². The van der Waals surface area contributed by atoms with E-state index in [1.54, 1.807) is 0 Å². The number of rotatable bonds is 12. The molecule has 368 valence electrons. The maximum atomic E-state index is 2.55. The predicted octanol–water partition coefficient (Wildman–Crippen LogP) is 19.4. The largest absolute Gasteiger partial charge is 0.334 e. The molecule has 0 saturated carbocycles. The molecule has 0 heterocycles. The Kier molecular flexibility index (Phi) is 11.7. The summed E-state index contributed by atoms with van der Waals surface area (Å²) < 4.78 is 0. The van der Waals surface area contributed by atoms with Crippen LogP contribution in [-0.4, -0.2) is 6.04 Å². The first-order valence-electron chi connectivity index (χ1n) is 27.0. The number of allylic oxidation sites excluding steroid dienone is 5. The molecule has 4 aliphatic carbocycles. The molecule has 0 radical (unpaired) electrons. The van der Waals surface area contributed by atoms with Gasteiger partial charge in [-0.3, -0.25) is 0 Å². The lowest BCUT2D eigenvalue weighted by Gasteiger charge is -2.36. The van der Waals surface area contributed by atoms with Crippen LogP contribution in [0.3, 0.4) is 0 Å². The van der Waals surface area contributed by atoms with E-state index in [1.165, 1.54) is 50.2 Å². The second-order valence-electron chi connectivity index (χ2n) is 20.3. The van der Waals surface area contributed by atoms with Crippen LogP contribution in [0.25, 0.3) is 22.3 Å². The van der Waals surface area contributed by atoms with Crippen LogP contribution in [0.15, 0.2) is 303 Å². The molecule has 4 heteroatoms. The Hall–Kier alpha value is -9.64. The van der Waals surface area contributed by atoms with E-state index in [9.17, 15) is 0 Å². The van der Waals surface area contributed by atoms with Crippen molar-refractivity contribution in [1.82, 2.24) is 0 Å². The zero-order chi connectivity index (χ0) is 51.1. The summed E-state index contributed by atoms with van der Waals surface area (Å²) in [6.07, 6.45) is 19.0. The monoisotopic (exact) mass is 988 g/mol. The Morgan fingerprint density at radius 1 is 0.312 bits per heavy atom. The number of benzene rings is 10. The SMILES string of the molecule is C1=CCC(N(c2ccccc2)c2ccc3c(c2)C2(c4cc(N(C5=CCCC=C5)c5ccccc5)ccc4-c4ccc(N(c5ccccc5)c5ccccc5)cc42)c2cc(N(c4ccccc4)c4ccccc4)ccc2-3)C=C1. The summed E-state index contributed by atoms with van der Waals surface area (Å²) in [6, 6.07) is 94.4. The zero-order valence-corrected chi connectivity index (χ0v) is 42.8. The summed E-state index contributed by atoms with van der Waals surface area (Å²) in [5.41, 5.74) is 21.6. The van der Waals surface area contributed by atoms with E-state index >= 15 is 0 Å². The van der Waals surface area contributed by atoms with Crippen LogP contribution in [0.4, 0.5) is 56.9 Å². The number of fused-ring (bicyclic) bond motifs is 10. The zero-order valence-electron chi connectivity index (χ0n) is 42.8. The van der Waals surface area contributed by atoms with Crippen molar-refractivity contribution in [2.45, 2.75) is 30.7 Å². The van der Waals surface area contributed by atoms with Gasteiger partial charge in [-0.2, -0.15) is 0 Å². The molecule has 0 fully saturated rings. The minimum absolute atomic E-state index is 0.125. The van der Waals surface area contributed by atoms with Crippen molar-refractivity contribution >= 4 is 56.9 Å². The molecule has 0 amide bonds. The molecule has 14 rings (SSSR count). The van der Waals surface area contributed by atoms with Gasteiger partial charge in [-0.1, -0.05) is 170 Å². The molecule has 0 saturated heterocycles. The van der Waals surface area contributed by atoms with Crippen LogP contribution >= 0.6 is 0 Å². The molecule has 0 bridgehead atoms. The van der Waals surface area contributed by atoms with Gasteiger partial charge in [0.25, 0.3) is 0 Å². The van der Waals surface area contributed by atoms with E-state index in [2.05, 4.69) is 317 Å². The fraction of sp³-hybridized carbons (Fsp3) is 0.0685. The van der Waals surface area contributed by atoms with Crippen LogP contribution < -0.4 is 19.6 Å². The normalized spacial score (nSPS) is 16.3. The molecule has 2 unspecified atom stereocenters. The van der Waals surface area contributed by atoms with Gasteiger partial charge in [0.15, 0.2) is 0 Å². The standard InChI is InChI=1S/C73H56N4/c1-9-25-53(26-10-1)74(54-27-11-2-12-28-54)61-41-45-65-66-46-42-62(75(55-29-13-3-14-30-55)56-31-15-4-16-32-56)50-70(66)73(69(65)49-61)71-51-63(76(57-33-17-5-18-34-57)58-35-19-6-20-36-58)43-47-67(71)68-48-44-64(52-72(68)73)77(59-37-21-7-22-38-59)60-39-23-8-24-40-60/h1-7,9-23,25-31,33-52,56H,8,24,32H2. The molecule has 1 spiro atoms. The van der Waals surface area contributed by atoms with Crippen molar-refractivity contribution in [2.24, 2.45) is 0 Å². The fourth-order valence-electron chi connectivity index (χ4n) is 12.6. The molecular formula is C73H56N4. The second-order valence-corrected chi connectivity index (χ2v) is 20.3. The van der Waals surface area contributed by atoms with Crippen molar-refractivity contribution < 1.29 is 0 Å². The highest BCUT2D eigenvalue weighted by atomic mass is 15.2. The molecule has 10 aromatic carbocycles. The smallest absolute Gasteiger partial charge is 0.0728 e. The first-order valence-corrected chi connectivity index (χ1v) is 27.0. The van der Waals surface area contributed by atoms with Gasteiger partial charge in [-0.15, -0.1) is 0 Å².